The molecule has 1 heterocycles. The number of hydrogen-bond donors (Lipinski definition) is 2. The third kappa shape index (κ3) is 3.11. The average molecular weight is 227 g/mol. The molecule has 1 rings (SSSR count). The molecular formula is C12H25N3O. The summed E-state index contributed by atoms with van der Waals surface area (Å²) in [5, 5.41) is 11.9. The molecule has 1 aliphatic rings. The molecule has 0 saturated carbocycles. The fourth-order valence-corrected chi connectivity index (χ4v) is 2.18. The Kier molecular flexibility index (Phi) is 4.59. The van der Waals surface area contributed by atoms with E-state index in [1.807, 2.05) is 0 Å². The van der Waals surface area contributed by atoms with Crippen LogP contribution in [-0.2, 0) is 0 Å². The molecule has 0 aliphatic carbocycles. The molecule has 1 atom stereocenters. The lowest BCUT2D eigenvalue weighted by atomic mass is 9.79. The second-order valence-corrected chi connectivity index (χ2v) is 5.36. The summed E-state index contributed by atoms with van der Waals surface area (Å²) in [7, 11) is 0. The van der Waals surface area contributed by atoms with Crippen LogP contribution in [0.25, 0.3) is 0 Å². The molecule has 0 amide bonds. The monoisotopic (exact) mass is 227 g/mol. The molecule has 0 spiro atoms. The van der Waals surface area contributed by atoms with E-state index < -0.39 is 0 Å². The lowest BCUT2D eigenvalue weighted by Gasteiger charge is -2.39. The van der Waals surface area contributed by atoms with Gasteiger partial charge in [0.2, 0.25) is 0 Å². The molecule has 0 aromatic heterocycles. The van der Waals surface area contributed by atoms with Gasteiger partial charge in [-0.1, -0.05) is 32.3 Å². The van der Waals surface area contributed by atoms with E-state index in [1.165, 1.54) is 13.0 Å². The maximum Gasteiger partial charge on any atom is 0.145 e. The zero-order valence-electron chi connectivity index (χ0n) is 10.7. The van der Waals surface area contributed by atoms with E-state index in [0.29, 0.717) is 5.84 Å². The third-order valence-electron chi connectivity index (χ3n) is 3.95. The van der Waals surface area contributed by atoms with E-state index in [1.54, 1.807) is 0 Å². The van der Waals surface area contributed by atoms with Gasteiger partial charge >= 0.3 is 0 Å². The van der Waals surface area contributed by atoms with Crippen molar-refractivity contribution in [1.82, 2.24) is 4.90 Å². The molecule has 1 aliphatic heterocycles. The molecule has 16 heavy (non-hydrogen) atoms. The highest BCUT2D eigenvalue weighted by atomic mass is 16.4. The first-order valence-corrected chi connectivity index (χ1v) is 6.22. The van der Waals surface area contributed by atoms with Gasteiger partial charge in [0.1, 0.15) is 5.84 Å². The lowest BCUT2D eigenvalue weighted by Crippen LogP contribution is -2.46. The Hall–Kier alpha value is -0.770. The number of rotatable bonds is 4. The van der Waals surface area contributed by atoms with Crippen molar-refractivity contribution in [2.45, 2.75) is 40.0 Å². The number of hydrogen-bond acceptors (Lipinski definition) is 3. The molecular weight excluding hydrogens is 202 g/mol. The van der Waals surface area contributed by atoms with Gasteiger partial charge in [-0.3, -0.25) is 0 Å². The highest BCUT2D eigenvalue weighted by molar-refractivity contribution is 5.85. The summed E-state index contributed by atoms with van der Waals surface area (Å²) in [5.41, 5.74) is 5.63. The van der Waals surface area contributed by atoms with Crippen LogP contribution in [-0.4, -0.2) is 35.6 Å². The molecule has 0 aromatic rings. The van der Waals surface area contributed by atoms with Crippen LogP contribution in [0.4, 0.5) is 0 Å². The number of nitrogens with zero attached hydrogens (tertiary/aromatic N) is 2. The molecule has 94 valence electrons. The standard InChI is InChI=1S/C12H25N3O/c1-4-10(2)9-15-7-5-12(3,6-8-15)11(13)14-16/h10,16H,4-9H2,1-3H3,(H2,13,14). The first-order chi connectivity index (χ1) is 7.51. The van der Waals surface area contributed by atoms with E-state index in [2.05, 4.69) is 30.8 Å². The maximum atomic E-state index is 8.75. The van der Waals surface area contributed by atoms with Crippen LogP contribution in [0, 0.1) is 11.3 Å². The van der Waals surface area contributed by atoms with Gasteiger partial charge in [0.15, 0.2) is 0 Å². The van der Waals surface area contributed by atoms with Gasteiger partial charge in [0.05, 0.1) is 0 Å². The van der Waals surface area contributed by atoms with Crippen molar-refractivity contribution in [3.8, 4) is 0 Å². The molecule has 4 nitrogen and oxygen atoms in total. The SMILES string of the molecule is CCC(C)CN1CCC(C)(C(N)=NO)CC1. The van der Waals surface area contributed by atoms with Crippen molar-refractivity contribution in [2.24, 2.45) is 22.2 Å². The Morgan fingerprint density at radius 3 is 2.50 bits per heavy atom. The number of piperidine rings is 1. The predicted octanol–water partition coefficient (Wildman–Crippen LogP) is 1.88. The highest BCUT2D eigenvalue weighted by Gasteiger charge is 2.34. The molecule has 4 heteroatoms. The summed E-state index contributed by atoms with van der Waals surface area (Å²) in [5.74, 6) is 1.14. The first kappa shape index (κ1) is 13.3. The third-order valence-corrected chi connectivity index (χ3v) is 3.95. The van der Waals surface area contributed by atoms with E-state index in [-0.39, 0.29) is 5.41 Å². The summed E-state index contributed by atoms with van der Waals surface area (Å²) in [6, 6.07) is 0. The first-order valence-electron chi connectivity index (χ1n) is 6.22. The number of amidine groups is 1. The summed E-state index contributed by atoms with van der Waals surface area (Å²) in [6.45, 7) is 9.88. The minimum absolute atomic E-state index is 0.110. The molecule has 0 radical (unpaired) electrons. The Morgan fingerprint density at radius 1 is 1.50 bits per heavy atom. The second-order valence-electron chi connectivity index (χ2n) is 5.36. The van der Waals surface area contributed by atoms with Crippen LogP contribution in [0.5, 0.6) is 0 Å². The fourth-order valence-electron chi connectivity index (χ4n) is 2.18. The van der Waals surface area contributed by atoms with Crippen molar-refractivity contribution in [1.29, 1.82) is 0 Å². The molecule has 3 N–H and O–H groups in total. The Bertz CT molecular complexity index is 245. The van der Waals surface area contributed by atoms with Crippen LogP contribution in [0.1, 0.15) is 40.0 Å². The van der Waals surface area contributed by atoms with Crippen molar-refractivity contribution in [2.75, 3.05) is 19.6 Å². The lowest BCUT2D eigenvalue weighted by molar-refractivity contribution is 0.142. The van der Waals surface area contributed by atoms with Crippen molar-refractivity contribution in [3.63, 3.8) is 0 Å². The molecule has 1 fully saturated rings. The summed E-state index contributed by atoms with van der Waals surface area (Å²) >= 11 is 0. The van der Waals surface area contributed by atoms with Crippen molar-refractivity contribution in [3.05, 3.63) is 0 Å². The zero-order valence-corrected chi connectivity index (χ0v) is 10.7. The largest absolute Gasteiger partial charge is 0.409 e. The van der Waals surface area contributed by atoms with Crippen LogP contribution >= 0.6 is 0 Å². The summed E-state index contributed by atoms with van der Waals surface area (Å²) in [4.78, 5) is 2.49. The maximum absolute atomic E-state index is 8.75. The van der Waals surface area contributed by atoms with Gasteiger partial charge in [-0.2, -0.15) is 0 Å². The van der Waals surface area contributed by atoms with Gasteiger partial charge in [-0.05, 0) is 31.8 Å². The van der Waals surface area contributed by atoms with Crippen LogP contribution in [0.2, 0.25) is 0 Å². The normalized spacial score (nSPS) is 24.3. The second kappa shape index (κ2) is 5.53. The van der Waals surface area contributed by atoms with Crippen LogP contribution < -0.4 is 5.73 Å². The Morgan fingerprint density at radius 2 is 2.06 bits per heavy atom. The highest BCUT2D eigenvalue weighted by Crippen LogP contribution is 2.31. The van der Waals surface area contributed by atoms with Crippen LogP contribution in [0.3, 0.4) is 0 Å². The zero-order chi connectivity index (χ0) is 12.2. The predicted molar refractivity (Wildman–Crippen MR) is 66.6 cm³/mol. The van der Waals surface area contributed by atoms with Gasteiger partial charge in [-0.25, -0.2) is 0 Å². The van der Waals surface area contributed by atoms with Crippen molar-refractivity contribution < 1.29 is 5.21 Å². The van der Waals surface area contributed by atoms with E-state index >= 15 is 0 Å². The fraction of sp³-hybridized carbons (Fsp3) is 0.917. The van der Waals surface area contributed by atoms with E-state index in [4.69, 9.17) is 10.9 Å². The van der Waals surface area contributed by atoms with Gasteiger partial charge in [0, 0.05) is 12.0 Å². The van der Waals surface area contributed by atoms with E-state index in [9.17, 15) is 0 Å². The molecule has 1 saturated heterocycles. The van der Waals surface area contributed by atoms with Gasteiger partial charge in [0.25, 0.3) is 0 Å². The Labute approximate surface area is 98.5 Å². The molecule has 0 bridgehead atoms. The van der Waals surface area contributed by atoms with E-state index in [0.717, 1.165) is 31.8 Å². The number of oxime groups is 1. The summed E-state index contributed by atoms with van der Waals surface area (Å²) < 4.78 is 0. The Balaban J connectivity index is 2.45. The van der Waals surface area contributed by atoms with Gasteiger partial charge in [-0.15, -0.1) is 0 Å². The quantitative estimate of drug-likeness (QED) is 0.333. The van der Waals surface area contributed by atoms with Crippen molar-refractivity contribution >= 4 is 5.84 Å². The average Bonchev–Trinajstić information content (AvgIpc) is 2.31. The minimum atomic E-state index is -0.110. The summed E-state index contributed by atoms with van der Waals surface area (Å²) in [6.07, 6.45) is 3.20. The van der Waals surface area contributed by atoms with Crippen LogP contribution in [0.15, 0.2) is 5.16 Å². The minimum Gasteiger partial charge on any atom is -0.409 e. The number of likely N-dealkylation sites (tertiary alicyclic amines) is 1. The molecule has 1 unspecified atom stereocenters. The molecule has 0 aromatic carbocycles. The topological polar surface area (TPSA) is 61.8 Å². The number of nitrogens with two attached hydrogens (primary N) is 1. The smallest absolute Gasteiger partial charge is 0.145 e. The van der Waals surface area contributed by atoms with Gasteiger partial charge < -0.3 is 15.8 Å².